The molecule has 0 spiro atoms. The van der Waals surface area contributed by atoms with E-state index in [1.165, 1.54) is 0 Å². The van der Waals surface area contributed by atoms with Crippen LogP contribution < -0.4 is 0 Å². The van der Waals surface area contributed by atoms with Gasteiger partial charge in [0.1, 0.15) is 5.76 Å². The quantitative estimate of drug-likeness (QED) is 0.453. The Balaban J connectivity index is 4.20. The van der Waals surface area contributed by atoms with E-state index >= 15 is 0 Å². The van der Waals surface area contributed by atoms with Crippen molar-refractivity contribution in [2.24, 2.45) is 0 Å². The topological polar surface area (TPSA) is 12.5 Å². The predicted molar refractivity (Wildman–Crippen MR) is 47.9 cm³/mol. The summed E-state index contributed by atoms with van der Waals surface area (Å²) in [6, 6.07) is 0. The van der Waals surface area contributed by atoms with E-state index in [2.05, 4.69) is 13.2 Å². The van der Waals surface area contributed by atoms with E-state index < -0.39 is 0 Å². The van der Waals surface area contributed by atoms with Crippen molar-refractivity contribution in [3.63, 3.8) is 0 Å². The molecule has 0 radical (unpaired) electrons. The zero-order chi connectivity index (χ0) is 8.85. The van der Waals surface area contributed by atoms with Crippen molar-refractivity contribution in [2.75, 3.05) is 14.2 Å². The molecule has 0 atom stereocenters. The monoisotopic (exact) mass is 153 g/mol. The molecule has 62 valence electrons. The molecule has 0 bridgehead atoms. The van der Waals surface area contributed by atoms with Crippen LogP contribution in [-0.2, 0) is 4.74 Å². The maximum absolute atomic E-state index is 4.88. The van der Waals surface area contributed by atoms with Gasteiger partial charge in [-0.3, -0.25) is 0 Å². The first-order chi connectivity index (χ1) is 5.11. The van der Waals surface area contributed by atoms with Crippen LogP contribution in [0.3, 0.4) is 0 Å². The van der Waals surface area contributed by atoms with Gasteiger partial charge in [-0.05, 0) is 19.2 Å². The molecule has 0 amide bonds. The van der Waals surface area contributed by atoms with E-state index in [1.807, 2.05) is 24.9 Å². The molecule has 0 aliphatic rings. The second-order valence-corrected chi connectivity index (χ2v) is 2.25. The lowest BCUT2D eigenvalue weighted by molar-refractivity contribution is 0.307. The fourth-order valence-electron chi connectivity index (χ4n) is 0.538. The van der Waals surface area contributed by atoms with Crippen molar-refractivity contribution in [1.29, 1.82) is 0 Å². The van der Waals surface area contributed by atoms with Crippen LogP contribution in [0.25, 0.3) is 0 Å². The summed E-state index contributed by atoms with van der Waals surface area (Å²) >= 11 is 0. The van der Waals surface area contributed by atoms with Gasteiger partial charge in [-0.2, -0.15) is 0 Å². The first-order valence-electron chi connectivity index (χ1n) is 3.38. The minimum atomic E-state index is 0.649. The van der Waals surface area contributed by atoms with Crippen LogP contribution in [0.1, 0.15) is 6.92 Å². The highest BCUT2D eigenvalue weighted by Crippen LogP contribution is 2.04. The maximum Gasteiger partial charge on any atom is 0.113 e. The lowest BCUT2D eigenvalue weighted by Crippen LogP contribution is -2.06. The predicted octanol–water partition coefficient (Wildman–Crippen LogP) is 2.13. The third kappa shape index (κ3) is 3.50. The van der Waals surface area contributed by atoms with Gasteiger partial charge in [-0.15, -0.1) is 0 Å². The highest BCUT2D eigenvalue weighted by atomic mass is 16.5. The number of allylic oxidation sites excluding steroid dienone is 2. The normalized spacial score (nSPS) is 10.6. The second-order valence-electron chi connectivity index (χ2n) is 2.25. The SMILES string of the molecule is C=CN(C)/C(C)=C/C(=C)OC. The summed E-state index contributed by atoms with van der Waals surface area (Å²) in [5, 5.41) is 0. The van der Waals surface area contributed by atoms with Gasteiger partial charge in [0, 0.05) is 12.7 Å². The molecule has 0 rings (SSSR count). The van der Waals surface area contributed by atoms with Crippen LogP contribution in [0.4, 0.5) is 0 Å². The summed E-state index contributed by atoms with van der Waals surface area (Å²) < 4.78 is 4.88. The summed E-state index contributed by atoms with van der Waals surface area (Å²) in [5.74, 6) is 0.649. The Hall–Kier alpha value is -1.18. The smallest absolute Gasteiger partial charge is 0.113 e. The molecule has 0 heterocycles. The first kappa shape index (κ1) is 9.82. The van der Waals surface area contributed by atoms with Gasteiger partial charge in [0.25, 0.3) is 0 Å². The summed E-state index contributed by atoms with van der Waals surface area (Å²) in [4.78, 5) is 1.89. The first-order valence-corrected chi connectivity index (χ1v) is 3.38. The van der Waals surface area contributed by atoms with Crippen LogP contribution >= 0.6 is 0 Å². The molecule has 0 aliphatic heterocycles. The Morgan fingerprint density at radius 3 is 2.45 bits per heavy atom. The molecule has 0 aliphatic carbocycles. The Morgan fingerprint density at radius 1 is 1.55 bits per heavy atom. The molecule has 0 saturated carbocycles. The Labute approximate surface area is 68.5 Å². The zero-order valence-corrected chi connectivity index (χ0v) is 7.42. The number of nitrogens with zero attached hydrogens (tertiary/aromatic N) is 1. The largest absolute Gasteiger partial charge is 0.497 e. The van der Waals surface area contributed by atoms with Crippen molar-refractivity contribution >= 4 is 0 Å². The van der Waals surface area contributed by atoms with Crippen molar-refractivity contribution in [3.05, 3.63) is 36.9 Å². The van der Waals surface area contributed by atoms with Crippen LogP contribution in [0.2, 0.25) is 0 Å². The molecule has 2 nitrogen and oxygen atoms in total. The molecule has 11 heavy (non-hydrogen) atoms. The zero-order valence-electron chi connectivity index (χ0n) is 7.42. The lowest BCUT2D eigenvalue weighted by atomic mass is 10.4. The van der Waals surface area contributed by atoms with Gasteiger partial charge in [-0.25, -0.2) is 0 Å². The third-order valence-corrected chi connectivity index (χ3v) is 1.46. The van der Waals surface area contributed by atoms with Crippen molar-refractivity contribution in [3.8, 4) is 0 Å². The number of methoxy groups -OCH3 is 1. The van der Waals surface area contributed by atoms with Crippen LogP contribution in [0.15, 0.2) is 36.9 Å². The van der Waals surface area contributed by atoms with Gasteiger partial charge in [0.15, 0.2) is 0 Å². The lowest BCUT2D eigenvalue weighted by Gasteiger charge is -2.13. The van der Waals surface area contributed by atoms with E-state index in [1.54, 1.807) is 13.3 Å². The molecule has 0 fully saturated rings. The number of rotatable bonds is 4. The summed E-state index contributed by atoms with van der Waals surface area (Å²) in [6.45, 7) is 9.26. The van der Waals surface area contributed by atoms with Crippen molar-refractivity contribution in [2.45, 2.75) is 6.92 Å². The van der Waals surface area contributed by atoms with Gasteiger partial charge >= 0.3 is 0 Å². The molecule has 0 N–H and O–H groups in total. The molecule has 0 unspecified atom stereocenters. The molecule has 0 aromatic rings. The molecule has 0 saturated heterocycles. The van der Waals surface area contributed by atoms with E-state index in [0.29, 0.717) is 5.76 Å². The highest BCUT2D eigenvalue weighted by molar-refractivity contribution is 5.14. The van der Waals surface area contributed by atoms with E-state index in [-0.39, 0.29) is 0 Å². The van der Waals surface area contributed by atoms with Gasteiger partial charge < -0.3 is 9.64 Å². The maximum atomic E-state index is 4.88. The molecular formula is C9H15NO. The number of hydrogen-bond donors (Lipinski definition) is 0. The average Bonchev–Trinajstić information content (AvgIpc) is 2.02. The van der Waals surface area contributed by atoms with Gasteiger partial charge in [0.2, 0.25) is 0 Å². The minimum Gasteiger partial charge on any atom is -0.497 e. The fraction of sp³-hybridized carbons (Fsp3) is 0.333. The molecule has 0 aromatic heterocycles. The van der Waals surface area contributed by atoms with Crippen molar-refractivity contribution < 1.29 is 4.74 Å². The van der Waals surface area contributed by atoms with Gasteiger partial charge in [-0.1, -0.05) is 13.2 Å². The minimum absolute atomic E-state index is 0.649. The number of hydrogen-bond acceptors (Lipinski definition) is 2. The second kappa shape index (κ2) is 4.61. The standard InChI is InChI=1S/C9H15NO/c1-6-10(4)8(2)7-9(3)11-5/h6-7H,1,3H2,2,4-5H3/b8-7+. The van der Waals surface area contributed by atoms with Crippen LogP contribution in [0.5, 0.6) is 0 Å². The third-order valence-electron chi connectivity index (χ3n) is 1.46. The van der Waals surface area contributed by atoms with Gasteiger partial charge in [0.05, 0.1) is 7.11 Å². The van der Waals surface area contributed by atoms with Crippen LogP contribution in [0, 0.1) is 0 Å². The van der Waals surface area contributed by atoms with Crippen molar-refractivity contribution in [1.82, 2.24) is 4.90 Å². The Morgan fingerprint density at radius 2 is 2.09 bits per heavy atom. The van der Waals surface area contributed by atoms with Crippen LogP contribution in [-0.4, -0.2) is 19.1 Å². The molecule has 0 aromatic carbocycles. The Bertz CT molecular complexity index is 182. The molecule has 2 heteroatoms. The van der Waals surface area contributed by atoms with E-state index in [0.717, 1.165) is 5.70 Å². The number of ether oxygens (including phenoxy) is 1. The summed E-state index contributed by atoms with van der Waals surface area (Å²) in [7, 11) is 3.52. The highest BCUT2D eigenvalue weighted by Gasteiger charge is 1.93. The fourth-order valence-corrected chi connectivity index (χ4v) is 0.538. The summed E-state index contributed by atoms with van der Waals surface area (Å²) in [6.07, 6.45) is 3.58. The van der Waals surface area contributed by atoms with E-state index in [9.17, 15) is 0 Å². The molecular weight excluding hydrogens is 138 g/mol. The van der Waals surface area contributed by atoms with E-state index in [4.69, 9.17) is 4.74 Å². The average molecular weight is 153 g/mol. The summed E-state index contributed by atoms with van der Waals surface area (Å²) in [5.41, 5.74) is 1.05. The Kier molecular flexibility index (Phi) is 4.11.